The van der Waals surface area contributed by atoms with Crippen LogP contribution in [-0.4, -0.2) is 12.7 Å². The van der Waals surface area contributed by atoms with Crippen molar-refractivity contribution in [3.05, 3.63) is 0 Å². The van der Waals surface area contributed by atoms with Gasteiger partial charge in [-0.1, -0.05) is 20.8 Å². The largest absolute Gasteiger partial charge is 0.378 e. The van der Waals surface area contributed by atoms with E-state index < -0.39 is 0 Å². The van der Waals surface area contributed by atoms with Crippen LogP contribution in [0.5, 0.6) is 0 Å². The molecule has 0 N–H and O–H groups in total. The molecule has 0 aromatic carbocycles. The molecular weight excluding hydrogens is 112 g/mol. The van der Waals surface area contributed by atoms with Crippen LogP contribution in [0.3, 0.4) is 0 Å². The summed E-state index contributed by atoms with van der Waals surface area (Å²) in [4.78, 5) is 0. The van der Waals surface area contributed by atoms with E-state index in [9.17, 15) is 0 Å². The quantitative estimate of drug-likeness (QED) is 0.568. The number of hydrogen-bond acceptors (Lipinski definition) is 1. The van der Waals surface area contributed by atoms with Gasteiger partial charge in [-0.25, -0.2) is 0 Å². The van der Waals surface area contributed by atoms with Gasteiger partial charge in [-0.2, -0.15) is 0 Å². The van der Waals surface area contributed by atoms with Crippen LogP contribution in [0.15, 0.2) is 0 Å². The minimum atomic E-state index is 0.421. The van der Waals surface area contributed by atoms with Crippen molar-refractivity contribution in [1.82, 2.24) is 0 Å². The van der Waals surface area contributed by atoms with Crippen LogP contribution in [-0.2, 0) is 4.74 Å². The summed E-state index contributed by atoms with van der Waals surface area (Å²) in [6.07, 6.45) is 1.54. The second-order valence-corrected chi connectivity index (χ2v) is 2.82. The molecule has 0 aromatic heterocycles. The van der Waals surface area contributed by atoms with E-state index in [0.717, 1.165) is 13.0 Å². The summed E-state index contributed by atoms with van der Waals surface area (Å²) in [5.74, 6) is 0.650. The molecule has 0 aliphatic rings. The van der Waals surface area contributed by atoms with Crippen molar-refractivity contribution >= 4 is 0 Å². The molecule has 0 saturated heterocycles. The molecule has 0 rings (SSSR count). The maximum atomic E-state index is 5.45. The van der Waals surface area contributed by atoms with Gasteiger partial charge in [0.2, 0.25) is 0 Å². The molecule has 1 heteroatoms. The van der Waals surface area contributed by atoms with Crippen molar-refractivity contribution < 1.29 is 4.74 Å². The molecule has 0 bridgehead atoms. The Balaban J connectivity index is 3.16. The Morgan fingerprint density at radius 2 is 1.78 bits per heavy atom. The third-order valence-corrected chi connectivity index (χ3v) is 1.52. The summed E-state index contributed by atoms with van der Waals surface area (Å²) in [5, 5.41) is 0. The average molecular weight is 130 g/mol. The molecule has 0 saturated carbocycles. The highest BCUT2D eigenvalue weighted by Crippen LogP contribution is 2.04. The van der Waals surface area contributed by atoms with Gasteiger partial charge in [0.05, 0.1) is 6.10 Å². The Labute approximate surface area is 58.4 Å². The zero-order valence-electron chi connectivity index (χ0n) is 6.98. The maximum Gasteiger partial charge on any atom is 0.0569 e. The Kier molecular flexibility index (Phi) is 4.78. The number of rotatable bonds is 4. The monoisotopic (exact) mass is 130 g/mol. The van der Waals surface area contributed by atoms with Crippen molar-refractivity contribution in [3.8, 4) is 0 Å². The SMILES string of the molecule is CCCOC(C)C(C)C. The second-order valence-electron chi connectivity index (χ2n) is 2.82. The molecule has 0 aromatic rings. The molecule has 0 radical (unpaired) electrons. The van der Waals surface area contributed by atoms with E-state index in [2.05, 4.69) is 27.7 Å². The van der Waals surface area contributed by atoms with Crippen molar-refractivity contribution in [2.45, 2.75) is 40.2 Å². The van der Waals surface area contributed by atoms with Gasteiger partial charge in [-0.05, 0) is 19.3 Å². The fourth-order valence-electron chi connectivity index (χ4n) is 0.496. The zero-order valence-corrected chi connectivity index (χ0v) is 6.98. The summed E-state index contributed by atoms with van der Waals surface area (Å²) in [6.45, 7) is 9.52. The molecule has 1 unspecified atom stereocenters. The van der Waals surface area contributed by atoms with E-state index in [1.165, 1.54) is 0 Å². The lowest BCUT2D eigenvalue weighted by Crippen LogP contribution is -2.15. The topological polar surface area (TPSA) is 9.23 Å². The van der Waals surface area contributed by atoms with Crippen LogP contribution in [0.25, 0.3) is 0 Å². The molecule has 0 fully saturated rings. The first-order valence-corrected chi connectivity index (χ1v) is 3.80. The Hall–Kier alpha value is -0.0400. The van der Waals surface area contributed by atoms with Gasteiger partial charge in [0.1, 0.15) is 0 Å². The predicted molar refractivity (Wildman–Crippen MR) is 40.5 cm³/mol. The Morgan fingerprint density at radius 1 is 1.22 bits per heavy atom. The third-order valence-electron chi connectivity index (χ3n) is 1.52. The van der Waals surface area contributed by atoms with Crippen molar-refractivity contribution in [1.29, 1.82) is 0 Å². The van der Waals surface area contributed by atoms with Crippen molar-refractivity contribution in [3.63, 3.8) is 0 Å². The summed E-state index contributed by atoms with van der Waals surface area (Å²) < 4.78 is 5.45. The first-order valence-electron chi connectivity index (χ1n) is 3.80. The van der Waals surface area contributed by atoms with Crippen LogP contribution in [0, 0.1) is 5.92 Å². The van der Waals surface area contributed by atoms with E-state index in [4.69, 9.17) is 4.74 Å². The number of hydrogen-bond donors (Lipinski definition) is 0. The fraction of sp³-hybridized carbons (Fsp3) is 1.00. The molecule has 0 amide bonds. The molecule has 0 spiro atoms. The van der Waals surface area contributed by atoms with Gasteiger partial charge in [-0.3, -0.25) is 0 Å². The zero-order chi connectivity index (χ0) is 7.28. The summed E-state index contributed by atoms with van der Waals surface area (Å²) in [7, 11) is 0. The van der Waals surface area contributed by atoms with Gasteiger partial charge >= 0.3 is 0 Å². The molecule has 1 atom stereocenters. The fourth-order valence-corrected chi connectivity index (χ4v) is 0.496. The molecular formula is C8H18O. The maximum absolute atomic E-state index is 5.45. The average Bonchev–Trinajstić information content (AvgIpc) is 1.82. The lowest BCUT2D eigenvalue weighted by molar-refractivity contribution is 0.0359. The van der Waals surface area contributed by atoms with Crippen LogP contribution in [0.1, 0.15) is 34.1 Å². The first kappa shape index (κ1) is 8.96. The highest BCUT2D eigenvalue weighted by Gasteiger charge is 2.04. The Bertz CT molecular complexity index is 59.6. The van der Waals surface area contributed by atoms with E-state index in [0.29, 0.717) is 12.0 Å². The van der Waals surface area contributed by atoms with E-state index >= 15 is 0 Å². The van der Waals surface area contributed by atoms with Gasteiger partial charge in [0.25, 0.3) is 0 Å². The van der Waals surface area contributed by atoms with Crippen molar-refractivity contribution in [2.75, 3.05) is 6.61 Å². The van der Waals surface area contributed by atoms with Gasteiger partial charge in [0, 0.05) is 6.61 Å². The van der Waals surface area contributed by atoms with E-state index in [-0.39, 0.29) is 0 Å². The second kappa shape index (κ2) is 4.80. The lowest BCUT2D eigenvalue weighted by atomic mass is 10.1. The highest BCUT2D eigenvalue weighted by atomic mass is 16.5. The minimum Gasteiger partial charge on any atom is -0.378 e. The lowest BCUT2D eigenvalue weighted by Gasteiger charge is -2.15. The Morgan fingerprint density at radius 3 is 2.11 bits per heavy atom. The molecule has 0 aliphatic carbocycles. The van der Waals surface area contributed by atoms with Crippen molar-refractivity contribution in [2.24, 2.45) is 5.92 Å². The predicted octanol–water partition coefficient (Wildman–Crippen LogP) is 2.46. The first-order chi connectivity index (χ1) is 4.18. The van der Waals surface area contributed by atoms with Gasteiger partial charge in [0.15, 0.2) is 0 Å². The molecule has 0 heterocycles. The molecule has 0 aliphatic heterocycles. The minimum absolute atomic E-state index is 0.421. The molecule has 1 nitrogen and oxygen atoms in total. The summed E-state index contributed by atoms with van der Waals surface area (Å²) in [5.41, 5.74) is 0. The van der Waals surface area contributed by atoms with Gasteiger partial charge < -0.3 is 4.74 Å². The summed E-state index contributed by atoms with van der Waals surface area (Å²) in [6, 6.07) is 0. The normalized spacial score (nSPS) is 14.3. The van der Waals surface area contributed by atoms with Crippen LogP contribution < -0.4 is 0 Å². The summed E-state index contributed by atoms with van der Waals surface area (Å²) >= 11 is 0. The smallest absolute Gasteiger partial charge is 0.0569 e. The standard InChI is InChI=1S/C8H18O/c1-5-6-9-8(4)7(2)3/h7-8H,5-6H2,1-4H3. The van der Waals surface area contributed by atoms with Crippen LogP contribution in [0.2, 0.25) is 0 Å². The van der Waals surface area contributed by atoms with E-state index in [1.807, 2.05) is 0 Å². The highest BCUT2D eigenvalue weighted by molar-refractivity contribution is 4.53. The molecule has 56 valence electrons. The van der Waals surface area contributed by atoms with Crippen LogP contribution in [0.4, 0.5) is 0 Å². The number of ether oxygens (including phenoxy) is 1. The van der Waals surface area contributed by atoms with Gasteiger partial charge in [-0.15, -0.1) is 0 Å². The molecule has 9 heavy (non-hydrogen) atoms. The van der Waals surface area contributed by atoms with Crippen LogP contribution >= 0.6 is 0 Å². The third kappa shape index (κ3) is 4.46. The van der Waals surface area contributed by atoms with E-state index in [1.54, 1.807) is 0 Å².